The monoisotopic (exact) mass is 245 g/mol. The second-order valence-corrected chi connectivity index (χ2v) is 3.88. The molecule has 0 fully saturated rings. The van der Waals surface area contributed by atoms with E-state index < -0.39 is 11.6 Å². The van der Waals surface area contributed by atoms with Crippen molar-refractivity contribution >= 4 is 11.0 Å². The lowest BCUT2D eigenvalue weighted by Gasteiger charge is -1.99. The average molecular weight is 245 g/mol. The Morgan fingerprint density at radius 3 is 2.67 bits per heavy atom. The quantitative estimate of drug-likeness (QED) is 0.691. The number of fused-ring (bicyclic) bond motifs is 1. The van der Waals surface area contributed by atoms with Gasteiger partial charge in [-0.15, -0.1) is 0 Å². The first-order valence-corrected chi connectivity index (χ1v) is 5.22. The predicted octanol–water partition coefficient (Wildman–Crippen LogP) is 3.05. The standard InChI is InChI=1S/C13H8FNO3/c14-10-5-7(1-4-11(10)17)13-9-3-2-8(16)6-12(9)18-15-13/h1-6,16-17H. The SMILES string of the molecule is Oc1ccc2c(-c3ccc(O)c(F)c3)noc2c1. The largest absolute Gasteiger partial charge is 0.508 e. The molecule has 3 rings (SSSR count). The number of hydrogen-bond donors (Lipinski definition) is 2. The second-order valence-electron chi connectivity index (χ2n) is 3.88. The van der Waals surface area contributed by atoms with Crippen molar-refractivity contribution in [1.29, 1.82) is 0 Å². The molecule has 0 bridgehead atoms. The zero-order chi connectivity index (χ0) is 12.7. The first kappa shape index (κ1) is 10.6. The van der Waals surface area contributed by atoms with Gasteiger partial charge < -0.3 is 14.7 Å². The molecule has 0 atom stereocenters. The van der Waals surface area contributed by atoms with Crippen molar-refractivity contribution in [1.82, 2.24) is 5.16 Å². The minimum absolute atomic E-state index is 0.0714. The maximum Gasteiger partial charge on any atom is 0.171 e. The highest BCUT2D eigenvalue weighted by molar-refractivity contribution is 5.92. The van der Waals surface area contributed by atoms with Crippen molar-refractivity contribution in [2.24, 2.45) is 0 Å². The second kappa shape index (κ2) is 3.73. The van der Waals surface area contributed by atoms with Crippen molar-refractivity contribution in [2.75, 3.05) is 0 Å². The van der Waals surface area contributed by atoms with Gasteiger partial charge in [-0.1, -0.05) is 5.16 Å². The van der Waals surface area contributed by atoms with E-state index >= 15 is 0 Å². The van der Waals surface area contributed by atoms with Crippen LogP contribution in [0.25, 0.3) is 22.2 Å². The molecule has 0 radical (unpaired) electrons. The van der Waals surface area contributed by atoms with E-state index in [9.17, 15) is 9.50 Å². The van der Waals surface area contributed by atoms with Gasteiger partial charge in [0.1, 0.15) is 11.4 Å². The Morgan fingerprint density at radius 1 is 1.06 bits per heavy atom. The molecule has 0 aliphatic carbocycles. The minimum Gasteiger partial charge on any atom is -0.508 e. The highest BCUT2D eigenvalue weighted by atomic mass is 19.1. The maximum absolute atomic E-state index is 13.3. The Kier molecular flexibility index (Phi) is 2.19. The molecule has 2 N–H and O–H groups in total. The van der Waals surface area contributed by atoms with Gasteiger partial charge in [-0.25, -0.2) is 4.39 Å². The summed E-state index contributed by atoms with van der Waals surface area (Å²) in [5.41, 5.74) is 1.37. The van der Waals surface area contributed by atoms with Crippen molar-refractivity contribution in [3.05, 3.63) is 42.2 Å². The van der Waals surface area contributed by atoms with Crippen molar-refractivity contribution in [3.63, 3.8) is 0 Å². The Morgan fingerprint density at radius 2 is 1.89 bits per heavy atom. The van der Waals surface area contributed by atoms with Crippen molar-refractivity contribution in [3.8, 4) is 22.8 Å². The fourth-order valence-electron chi connectivity index (χ4n) is 1.79. The normalized spacial score (nSPS) is 10.9. The van der Waals surface area contributed by atoms with Crippen LogP contribution in [-0.4, -0.2) is 15.4 Å². The third-order valence-corrected chi connectivity index (χ3v) is 2.68. The molecule has 0 aliphatic rings. The molecule has 18 heavy (non-hydrogen) atoms. The summed E-state index contributed by atoms with van der Waals surface area (Å²) in [7, 11) is 0. The van der Waals surface area contributed by atoms with E-state index in [1.54, 1.807) is 12.1 Å². The van der Waals surface area contributed by atoms with Gasteiger partial charge in [0.2, 0.25) is 0 Å². The Hall–Kier alpha value is -2.56. The summed E-state index contributed by atoms with van der Waals surface area (Å²) < 4.78 is 18.3. The third-order valence-electron chi connectivity index (χ3n) is 2.68. The summed E-state index contributed by atoms with van der Waals surface area (Å²) in [6.07, 6.45) is 0. The average Bonchev–Trinajstić information content (AvgIpc) is 2.75. The summed E-state index contributed by atoms with van der Waals surface area (Å²) >= 11 is 0. The molecular weight excluding hydrogens is 237 g/mol. The molecule has 0 aliphatic heterocycles. The third kappa shape index (κ3) is 1.57. The number of phenolic OH excluding ortho intramolecular Hbond substituents is 2. The molecular formula is C13H8FNO3. The minimum atomic E-state index is -0.720. The van der Waals surface area contributed by atoms with Crippen LogP contribution in [0.1, 0.15) is 0 Å². The van der Waals surface area contributed by atoms with E-state index in [1.807, 2.05) is 0 Å². The Labute approximate surface area is 101 Å². The summed E-state index contributed by atoms with van der Waals surface area (Å²) in [6, 6.07) is 8.55. The maximum atomic E-state index is 13.3. The van der Waals surface area contributed by atoms with Crippen LogP contribution >= 0.6 is 0 Å². The first-order chi connectivity index (χ1) is 8.65. The van der Waals surface area contributed by atoms with Crippen LogP contribution in [0.15, 0.2) is 40.9 Å². The van der Waals surface area contributed by atoms with Crippen LogP contribution in [-0.2, 0) is 0 Å². The van der Waals surface area contributed by atoms with Crippen molar-refractivity contribution < 1.29 is 19.1 Å². The van der Waals surface area contributed by atoms with E-state index in [-0.39, 0.29) is 5.75 Å². The predicted molar refractivity (Wildman–Crippen MR) is 62.7 cm³/mol. The molecule has 2 aromatic carbocycles. The van der Waals surface area contributed by atoms with Crippen LogP contribution in [0, 0.1) is 5.82 Å². The number of aromatic nitrogens is 1. The van der Waals surface area contributed by atoms with Gasteiger partial charge in [0.25, 0.3) is 0 Å². The van der Waals surface area contributed by atoms with Crippen LogP contribution in [0.2, 0.25) is 0 Å². The van der Waals surface area contributed by atoms with E-state index in [1.165, 1.54) is 24.3 Å². The molecule has 5 heteroatoms. The van der Waals surface area contributed by atoms with Gasteiger partial charge >= 0.3 is 0 Å². The van der Waals surface area contributed by atoms with E-state index in [0.717, 1.165) is 0 Å². The van der Waals surface area contributed by atoms with Crippen LogP contribution < -0.4 is 0 Å². The summed E-state index contributed by atoms with van der Waals surface area (Å²) in [5.74, 6) is -1.06. The van der Waals surface area contributed by atoms with Crippen molar-refractivity contribution in [2.45, 2.75) is 0 Å². The smallest absolute Gasteiger partial charge is 0.171 e. The molecule has 4 nitrogen and oxygen atoms in total. The molecule has 0 unspecified atom stereocenters. The fraction of sp³-hybridized carbons (Fsp3) is 0. The van der Waals surface area contributed by atoms with Crippen LogP contribution in [0.5, 0.6) is 11.5 Å². The lowest BCUT2D eigenvalue weighted by atomic mass is 10.1. The number of nitrogens with zero attached hydrogens (tertiary/aromatic N) is 1. The molecule has 90 valence electrons. The van der Waals surface area contributed by atoms with Gasteiger partial charge in [-0.3, -0.25) is 0 Å². The zero-order valence-corrected chi connectivity index (χ0v) is 9.09. The highest BCUT2D eigenvalue weighted by Gasteiger charge is 2.12. The van der Waals surface area contributed by atoms with E-state index in [4.69, 9.17) is 9.63 Å². The van der Waals surface area contributed by atoms with Gasteiger partial charge in [0.15, 0.2) is 17.1 Å². The van der Waals surface area contributed by atoms with Gasteiger partial charge in [-0.05, 0) is 30.3 Å². The van der Waals surface area contributed by atoms with E-state index in [2.05, 4.69) is 5.16 Å². The fourth-order valence-corrected chi connectivity index (χ4v) is 1.79. The summed E-state index contributed by atoms with van der Waals surface area (Å²) in [5, 5.41) is 23.0. The van der Waals surface area contributed by atoms with Gasteiger partial charge in [0, 0.05) is 17.0 Å². The number of aromatic hydroxyl groups is 2. The van der Waals surface area contributed by atoms with E-state index in [0.29, 0.717) is 22.2 Å². The summed E-state index contributed by atoms with van der Waals surface area (Å²) in [4.78, 5) is 0. The number of phenols is 2. The molecule has 0 amide bonds. The highest BCUT2D eigenvalue weighted by Crippen LogP contribution is 2.31. The lowest BCUT2D eigenvalue weighted by Crippen LogP contribution is -1.81. The number of hydrogen-bond acceptors (Lipinski definition) is 4. The zero-order valence-electron chi connectivity index (χ0n) is 9.09. The number of halogens is 1. The molecule has 0 spiro atoms. The molecule has 3 aromatic rings. The lowest BCUT2D eigenvalue weighted by molar-refractivity contribution is 0.432. The first-order valence-electron chi connectivity index (χ1n) is 5.22. The van der Waals surface area contributed by atoms with Gasteiger partial charge in [0.05, 0.1) is 0 Å². The number of benzene rings is 2. The molecule has 0 saturated carbocycles. The van der Waals surface area contributed by atoms with Crippen LogP contribution in [0.3, 0.4) is 0 Å². The van der Waals surface area contributed by atoms with Gasteiger partial charge in [-0.2, -0.15) is 0 Å². The van der Waals surface area contributed by atoms with Crippen LogP contribution in [0.4, 0.5) is 4.39 Å². The topological polar surface area (TPSA) is 66.5 Å². The molecule has 0 saturated heterocycles. The Balaban J connectivity index is 2.22. The number of rotatable bonds is 1. The molecule has 1 heterocycles. The Bertz CT molecular complexity index is 736. The molecule has 1 aromatic heterocycles. The summed E-state index contributed by atoms with van der Waals surface area (Å²) in [6.45, 7) is 0.